The summed E-state index contributed by atoms with van der Waals surface area (Å²) in [4.78, 5) is 1.41. The van der Waals surface area contributed by atoms with Gasteiger partial charge in [0.2, 0.25) is 0 Å². The smallest absolute Gasteiger partial charge is 0.165 e. The number of nitrogens with one attached hydrogen (secondary N) is 1. The topological polar surface area (TPSA) is 43.1 Å². The Hall–Kier alpha value is -2.04. The number of aliphatic hydroxyl groups excluding tert-OH is 1. The number of aliphatic hydroxyl groups is 1. The van der Waals surface area contributed by atoms with Gasteiger partial charge in [-0.2, -0.15) is 0 Å². The first-order valence-corrected chi connectivity index (χ1v) is 9.52. The molecule has 0 saturated carbocycles. The van der Waals surface area contributed by atoms with Crippen molar-refractivity contribution < 1.29 is 19.5 Å². The Kier molecular flexibility index (Phi) is 4.63. The largest absolute Gasteiger partial charge is 0.487 e. The average Bonchev–Trinajstić information content (AvgIpc) is 2.94. The second kappa shape index (κ2) is 6.93. The fourth-order valence-electron chi connectivity index (χ4n) is 4.10. The third-order valence-corrected chi connectivity index (χ3v) is 5.32. The van der Waals surface area contributed by atoms with Crippen molar-refractivity contribution in [1.82, 2.24) is 0 Å². The molecule has 0 bridgehead atoms. The van der Waals surface area contributed by atoms with Crippen LogP contribution in [0.5, 0.6) is 11.5 Å². The molecule has 0 aliphatic carbocycles. The molecule has 0 fully saturated rings. The van der Waals surface area contributed by atoms with Crippen LogP contribution in [0.25, 0.3) is 0 Å². The molecule has 4 heteroatoms. The zero-order valence-electron chi connectivity index (χ0n) is 15.6. The SMILES string of the molecule is CC1(C)Cc2cccc(OC[C@@H](O)C[NH+]3CCc4ccccc4C3)c2O1. The lowest BCUT2D eigenvalue weighted by Gasteiger charge is -2.27. The van der Waals surface area contributed by atoms with Crippen LogP contribution in [0.3, 0.4) is 0 Å². The van der Waals surface area contributed by atoms with Crippen LogP contribution in [0.1, 0.15) is 30.5 Å². The molecule has 4 nitrogen and oxygen atoms in total. The number of rotatable bonds is 5. The summed E-state index contributed by atoms with van der Waals surface area (Å²) in [6, 6.07) is 14.6. The maximum Gasteiger partial charge on any atom is 0.165 e. The molecule has 0 saturated heterocycles. The van der Waals surface area contributed by atoms with E-state index in [4.69, 9.17) is 9.47 Å². The van der Waals surface area contributed by atoms with Gasteiger partial charge < -0.3 is 19.5 Å². The van der Waals surface area contributed by atoms with E-state index in [1.165, 1.54) is 21.6 Å². The minimum atomic E-state index is -0.486. The predicted octanol–water partition coefficient (Wildman–Crippen LogP) is 1.78. The molecule has 0 spiro atoms. The van der Waals surface area contributed by atoms with Gasteiger partial charge in [-0.15, -0.1) is 0 Å². The fourth-order valence-corrected chi connectivity index (χ4v) is 4.10. The molecular formula is C22H28NO3+. The average molecular weight is 354 g/mol. The second-order valence-corrected chi connectivity index (χ2v) is 8.15. The third-order valence-electron chi connectivity index (χ3n) is 5.32. The van der Waals surface area contributed by atoms with Crippen molar-refractivity contribution in [3.05, 3.63) is 59.2 Å². The summed E-state index contributed by atoms with van der Waals surface area (Å²) in [7, 11) is 0. The first-order valence-electron chi connectivity index (χ1n) is 9.52. The highest BCUT2D eigenvalue weighted by Gasteiger charge is 2.32. The molecular weight excluding hydrogens is 326 g/mol. The van der Waals surface area contributed by atoms with E-state index in [1.807, 2.05) is 12.1 Å². The van der Waals surface area contributed by atoms with E-state index >= 15 is 0 Å². The molecule has 2 aromatic carbocycles. The monoisotopic (exact) mass is 354 g/mol. The Bertz CT molecular complexity index is 787. The Labute approximate surface area is 155 Å². The zero-order chi connectivity index (χ0) is 18.1. The van der Waals surface area contributed by atoms with Gasteiger partial charge >= 0.3 is 0 Å². The minimum Gasteiger partial charge on any atom is -0.487 e. The van der Waals surface area contributed by atoms with E-state index in [2.05, 4.69) is 44.2 Å². The van der Waals surface area contributed by atoms with Gasteiger partial charge in [-0.05, 0) is 25.5 Å². The molecule has 2 N–H and O–H groups in total. The summed E-state index contributed by atoms with van der Waals surface area (Å²) in [5.41, 5.74) is 3.84. The quantitative estimate of drug-likeness (QED) is 0.860. The van der Waals surface area contributed by atoms with Gasteiger partial charge in [-0.25, -0.2) is 0 Å². The van der Waals surface area contributed by atoms with Gasteiger partial charge in [0.05, 0.1) is 6.54 Å². The number of ether oxygens (including phenoxy) is 2. The summed E-state index contributed by atoms with van der Waals surface area (Å²) < 4.78 is 12.0. The van der Waals surface area contributed by atoms with E-state index in [9.17, 15) is 5.11 Å². The standard InChI is InChI=1S/C22H27NO3/c1-22(2)12-17-8-5-9-20(21(17)26-22)25-15-19(24)14-23-11-10-16-6-3-4-7-18(16)13-23/h3-9,19,24H,10-15H2,1-2H3/p+1/t19-/m0/s1. The number of benzene rings is 2. The third kappa shape index (κ3) is 3.71. The number of quaternary nitrogens is 1. The number of fused-ring (bicyclic) bond motifs is 2. The molecule has 1 unspecified atom stereocenters. The molecule has 2 atom stereocenters. The van der Waals surface area contributed by atoms with Gasteiger partial charge in [0.15, 0.2) is 11.5 Å². The van der Waals surface area contributed by atoms with Crippen molar-refractivity contribution in [2.45, 2.75) is 44.9 Å². The molecule has 2 aromatic rings. The Morgan fingerprint density at radius 3 is 2.73 bits per heavy atom. The first kappa shape index (κ1) is 17.4. The molecule has 4 rings (SSSR count). The van der Waals surface area contributed by atoms with Crippen LogP contribution in [-0.4, -0.2) is 36.5 Å². The number of para-hydroxylation sites is 1. The van der Waals surface area contributed by atoms with Crippen LogP contribution in [0.2, 0.25) is 0 Å². The highest BCUT2D eigenvalue weighted by molar-refractivity contribution is 5.50. The van der Waals surface area contributed by atoms with E-state index in [0.29, 0.717) is 13.2 Å². The Balaban J connectivity index is 1.33. The minimum absolute atomic E-state index is 0.189. The highest BCUT2D eigenvalue weighted by Crippen LogP contribution is 2.41. The van der Waals surface area contributed by atoms with Crippen molar-refractivity contribution >= 4 is 0 Å². The molecule has 0 aromatic heterocycles. The summed E-state index contributed by atoms with van der Waals surface area (Å²) in [6.45, 7) is 7.21. The lowest BCUT2D eigenvalue weighted by atomic mass is 10.00. The van der Waals surface area contributed by atoms with Gasteiger partial charge in [-0.1, -0.05) is 36.4 Å². The van der Waals surface area contributed by atoms with Crippen LogP contribution in [0.4, 0.5) is 0 Å². The molecule has 138 valence electrons. The normalized spacial score (nSPS) is 21.4. The second-order valence-electron chi connectivity index (χ2n) is 8.15. The highest BCUT2D eigenvalue weighted by atomic mass is 16.5. The van der Waals surface area contributed by atoms with Crippen LogP contribution >= 0.6 is 0 Å². The number of hydrogen-bond acceptors (Lipinski definition) is 3. The lowest BCUT2D eigenvalue weighted by Crippen LogP contribution is -3.13. The fraction of sp³-hybridized carbons (Fsp3) is 0.455. The van der Waals surface area contributed by atoms with Crippen molar-refractivity contribution in [1.29, 1.82) is 0 Å². The van der Waals surface area contributed by atoms with E-state index in [0.717, 1.165) is 37.4 Å². The molecule has 2 aliphatic heterocycles. The maximum atomic E-state index is 10.5. The molecule has 2 aliphatic rings. The van der Waals surface area contributed by atoms with Gasteiger partial charge in [0.25, 0.3) is 0 Å². The molecule has 26 heavy (non-hydrogen) atoms. The molecule has 0 amide bonds. The molecule has 0 radical (unpaired) electrons. The van der Waals surface area contributed by atoms with Crippen molar-refractivity contribution in [3.8, 4) is 11.5 Å². The zero-order valence-corrected chi connectivity index (χ0v) is 15.6. The Morgan fingerprint density at radius 1 is 1.12 bits per heavy atom. The van der Waals surface area contributed by atoms with Crippen LogP contribution in [0, 0.1) is 0 Å². The first-order chi connectivity index (χ1) is 12.5. The Morgan fingerprint density at radius 2 is 1.88 bits per heavy atom. The van der Waals surface area contributed by atoms with E-state index in [1.54, 1.807) is 0 Å². The lowest BCUT2D eigenvalue weighted by molar-refractivity contribution is -0.918. The number of hydrogen-bond donors (Lipinski definition) is 2. The van der Waals surface area contributed by atoms with Crippen LogP contribution in [0.15, 0.2) is 42.5 Å². The van der Waals surface area contributed by atoms with Gasteiger partial charge in [0.1, 0.15) is 31.4 Å². The summed E-state index contributed by atoms with van der Waals surface area (Å²) in [6.07, 6.45) is 1.48. The summed E-state index contributed by atoms with van der Waals surface area (Å²) >= 11 is 0. The van der Waals surface area contributed by atoms with E-state index < -0.39 is 6.10 Å². The van der Waals surface area contributed by atoms with Crippen LogP contribution < -0.4 is 14.4 Å². The summed E-state index contributed by atoms with van der Waals surface area (Å²) in [5.74, 6) is 1.58. The van der Waals surface area contributed by atoms with Crippen molar-refractivity contribution in [2.24, 2.45) is 0 Å². The van der Waals surface area contributed by atoms with Crippen LogP contribution in [-0.2, 0) is 19.4 Å². The van der Waals surface area contributed by atoms with Gasteiger partial charge in [-0.3, -0.25) is 0 Å². The van der Waals surface area contributed by atoms with E-state index in [-0.39, 0.29) is 5.60 Å². The maximum absolute atomic E-state index is 10.5. The van der Waals surface area contributed by atoms with Gasteiger partial charge in [0, 0.05) is 24.0 Å². The van der Waals surface area contributed by atoms with Crippen molar-refractivity contribution in [3.63, 3.8) is 0 Å². The summed E-state index contributed by atoms with van der Waals surface area (Å²) in [5, 5.41) is 10.5. The molecule has 2 heterocycles. The predicted molar refractivity (Wildman–Crippen MR) is 101 cm³/mol. The van der Waals surface area contributed by atoms with Crippen molar-refractivity contribution in [2.75, 3.05) is 19.7 Å².